The number of aromatic amines is 1. The third-order valence-corrected chi connectivity index (χ3v) is 4.45. The van der Waals surface area contributed by atoms with Crippen LogP contribution in [0.15, 0.2) is 21.4 Å². The first-order valence-electron chi connectivity index (χ1n) is 5.82. The molecule has 0 aliphatic heterocycles. The quantitative estimate of drug-likeness (QED) is 0.381. The molecule has 0 fully saturated rings. The molecule has 2 rings (SSSR count). The minimum absolute atomic E-state index is 0.0566. The van der Waals surface area contributed by atoms with E-state index in [4.69, 9.17) is 5.73 Å². The van der Waals surface area contributed by atoms with Crippen molar-refractivity contribution in [2.24, 2.45) is 0 Å². The van der Waals surface area contributed by atoms with E-state index in [0.29, 0.717) is 3.57 Å². The van der Waals surface area contributed by atoms with Crippen molar-refractivity contribution >= 4 is 56.3 Å². The van der Waals surface area contributed by atoms with Gasteiger partial charge in [-0.05, 0) is 50.7 Å². The summed E-state index contributed by atoms with van der Waals surface area (Å²) in [5.74, 6) is -4.45. The number of carbonyl (C=O) groups is 2. The Morgan fingerprint density at radius 1 is 1.22 bits per heavy atom. The first kappa shape index (κ1) is 17.4. The van der Waals surface area contributed by atoms with E-state index in [1.165, 1.54) is 6.07 Å². The van der Waals surface area contributed by atoms with Crippen LogP contribution in [-0.2, 0) is 0 Å². The lowest BCUT2D eigenvalue weighted by molar-refractivity contribution is 0.0695. The van der Waals surface area contributed by atoms with Gasteiger partial charge in [-0.25, -0.2) is 14.0 Å². The predicted molar refractivity (Wildman–Crippen MR) is 91.2 cm³/mol. The number of nitrogen functional groups attached to an aromatic ring is 1. The number of carboxylic acids is 2. The average molecular weight is 497 g/mol. The van der Waals surface area contributed by atoms with Gasteiger partial charge in [0.2, 0.25) is 0 Å². The average Bonchev–Trinajstić information content (AvgIpc) is 2.40. The third kappa shape index (κ3) is 3.08. The highest BCUT2D eigenvalue weighted by atomic mass is 127. The molecule has 0 bridgehead atoms. The van der Waals surface area contributed by atoms with E-state index < -0.39 is 45.8 Å². The minimum Gasteiger partial charge on any atom is -0.478 e. The Hall–Kier alpha value is -1.95. The van der Waals surface area contributed by atoms with Crippen molar-refractivity contribution in [1.82, 2.24) is 4.98 Å². The monoisotopic (exact) mass is 496 g/mol. The fourth-order valence-electron chi connectivity index (χ4n) is 2.03. The molecule has 5 N–H and O–H groups in total. The molecule has 0 unspecified atom stereocenters. The van der Waals surface area contributed by atoms with Gasteiger partial charge < -0.3 is 20.9 Å². The normalized spacial score (nSPS) is 10.6. The number of pyridine rings is 1. The van der Waals surface area contributed by atoms with Crippen molar-refractivity contribution in [3.63, 3.8) is 0 Å². The molecule has 0 aliphatic carbocycles. The molecule has 0 atom stereocenters. The smallest absolute Gasteiger partial charge is 0.342 e. The molecule has 10 heteroatoms. The molecule has 0 radical (unpaired) electrons. The van der Waals surface area contributed by atoms with Gasteiger partial charge in [0, 0.05) is 14.7 Å². The summed E-state index contributed by atoms with van der Waals surface area (Å²) in [5, 5.41) is 18.6. The molecule has 1 aromatic heterocycles. The lowest BCUT2D eigenvalue weighted by atomic mass is 9.95. The fourth-order valence-corrected chi connectivity index (χ4v) is 3.54. The number of aromatic carboxylic acids is 2. The van der Waals surface area contributed by atoms with Crippen LogP contribution in [0.3, 0.4) is 0 Å². The summed E-state index contributed by atoms with van der Waals surface area (Å²) in [6, 6.07) is 2.28. The van der Waals surface area contributed by atoms with Gasteiger partial charge in [-0.15, -0.1) is 0 Å². The molecule has 7 nitrogen and oxygen atoms in total. The maximum absolute atomic E-state index is 13.8. The fraction of sp³-hybridized carbons (Fsp3) is 0. The van der Waals surface area contributed by atoms with Gasteiger partial charge in [0.05, 0.1) is 4.47 Å². The van der Waals surface area contributed by atoms with Crippen LogP contribution < -0.4 is 11.3 Å². The topological polar surface area (TPSA) is 133 Å². The van der Waals surface area contributed by atoms with Crippen LogP contribution in [0.5, 0.6) is 0 Å². The summed E-state index contributed by atoms with van der Waals surface area (Å²) < 4.78 is 14.3. The number of anilines is 1. The molecule has 23 heavy (non-hydrogen) atoms. The predicted octanol–water partition coefficient (Wildman–Crippen LogP) is 2.53. The zero-order chi connectivity index (χ0) is 17.5. The molecule has 0 saturated carbocycles. The second-order valence-corrected chi connectivity index (χ2v) is 6.37. The van der Waals surface area contributed by atoms with Crippen LogP contribution in [0.25, 0.3) is 11.1 Å². The van der Waals surface area contributed by atoms with Gasteiger partial charge in [0.25, 0.3) is 5.56 Å². The summed E-state index contributed by atoms with van der Waals surface area (Å²) in [5.41, 5.74) is 2.51. The molecule has 1 heterocycles. The van der Waals surface area contributed by atoms with Gasteiger partial charge in [-0.3, -0.25) is 4.79 Å². The standard InChI is InChI=1S/C13H7BrFIN2O5/c14-4-2-6(16)3(1-5(4)15)7-8(12(20)21)10(17)18-11(19)9(7)13(22)23/h1-2H,(H,20,21)(H,22,23)(H3,17,18,19). The lowest BCUT2D eigenvalue weighted by Gasteiger charge is -2.14. The van der Waals surface area contributed by atoms with Gasteiger partial charge in [0.15, 0.2) is 0 Å². The van der Waals surface area contributed by atoms with Crippen molar-refractivity contribution in [2.75, 3.05) is 5.73 Å². The summed E-state index contributed by atoms with van der Waals surface area (Å²) in [4.78, 5) is 36.8. The highest BCUT2D eigenvalue weighted by Gasteiger charge is 2.28. The Morgan fingerprint density at radius 2 is 1.78 bits per heavy atom. The minimum atomic E-state index is -1.65. The van der Waals surface area contributed by atoms with E-state index >= 15 is 0 Å². The van der Waals surface area contributed by atoms with Crippen molar-refractivity contribution in [3.05, 3.63) is 47.5 Å². The van der Waals surface area contributed by atoms with Gasteiger partial charge in [-0.1, -0.05) is 0 Å². The van der Waals surface area contributed by atoms with Crippen molar-refractivity contribution < 1.29 is 24.2 Å². The summed E-state index contributed by atoms with van der Waals surface area (Å²) in [7, 11) is 0. The van der Waals surface area contributed by atoms with Gasteiger partial charge in [0.1, 0.15) is 22.8 Å². The zero-order valence-corrected chi connectivity index (χ0v) is 14.7. The highest BCUT2D eigenvalue weighted by Crippen LogP contribution is 2.35. The number of hydrogen-bond donors (Lipinski definition) is 4. The maximum atomic E-state index is 13.8. The van der Waals surface area contributed by atoms with E-state index in [0.717, 1.165) is 6.07 Å². The number of carboxylic acid groups (broad SMARTS) is 2. The second kappa shape index (κ2) is 6.28. The van der Waals surface area contributed by atoms with Crippen molar-refractivity contribution in [1.29, 1.82) is 0 Å². The third-order valence-electron chi connectivity index (χ3n) is 2.95. The Morgan fingerprint density at radius 3 is 2.30 bits per heavy atom. The number of nitrogens with one attached hydrogen (secondary N) is 1. The maximum Gasteiger partial charge on any atom is 0.342 e. The van der Waals surface area contributed by atoms with Crippen LogP contribution in [0.4, 0.5) is 10.2 Å². The highest BCUT2D eigenvalue weighted by molar-refractivity contribution is 14.1. The summed E-state index contributed by atoms with van der Waals surface area (Å²) in [6.07, 6.45) is 0. The van der Waals surface area contributed by atoms with Crippen LogP contribution in [-0.4, -0.2) is 27.1 Å². The van der Waals surface area contributed by atoms with E-state index in [2.05, 4.69) is 15.9 Å². The van der Waals surface area contributed by atoms with Crippen LogP contribution >= 0.6 is 38.5 Å². The van der Waals surface area contributed by atoms with Gasteiger partial charge >= 0.3 is 11.9 Å². The molecule has 0 saturated heterocycles. The Bertz CT molecular complexity index is 912. The Labute approximate surface area is 149 Å². The number of rotatable bonds is 3. The number of aromatic nitrogens is 1. The molecule has 0 aliphatic rings. The van der Waals surface area contributed by atoms with E-state index in [-0.39, 0.29) is 10.0 Å². The zero-order valence-electron chi connectivity index (χ0n) is 11.0. The van der Waals surface area contributed by atoms with E-state index in [1.807, 2.05) is 4.98 Å². The Kier molecular flexibility index (Phi) is 4.75. The first-order valence-corrected chi connectivity index (χ1v) is 7.69. The molecule has 0 spiro atoms. The molecular formula is C13H7BrFIN2O5. The van der Waals surface area contributed by atoms with Crippen LogP contribution in [0.2, 0.25) is 0 Å². The first-order chi connectivity index (χ1) is 10.6. The summed E-state index contributed by atoms with van der Waals surface area (Å²) in [6.45, 7) is 0. The second-order valence-electron chi connectivity index (χ2n) is 4.35. The van der Waals surface area contributed by atoms with E-state index in [9.17, 15) is 29.0 Å². The molecule has 120 valence electrons. The molecule has 2 aromatic rings. The van der Waals surface area contributed by atoms with E-state index in [1.54, 1.807) is 22.6 Å². The van der Waals surface area contributed by atoms with Crippen LogP contribution in [0, 0.1) is 9.39 Å². The van der Waals surface area contributed by atoms with Crippen molar-refractivity contribution in [2.45, 2.75) is 0 Å². The largest absolute Gasteiger partial charge is 0.478 e. The van der Waals surface area contributed by atoms with Gasteiger partial charge in [-0.2, -0.15) is 0 Å². The number of benzene rings is 1. The molecular weight excluding hydrogens is 490 g/mol. The van der Waals surface area contributed by atoms with Crippen LogP contribution in [0.1, 0.15) is 20.7 Å². The SMILES string of the molecule is Nc1[nH]c(=O)c(C(=O)O)c(-c2cc(F)c(Br)cc2I)c1C(=O)O. The number of nitrogens with two attached hydrogens (primary N) is 1. The molecule has 0 amide bonds. The molecule has 1 aromatic carbocycles. The number of hydrogen-bond acceptors (Lipinski definition) is 4. The summed E-state index contributed by atoms with van der Waals surface area (Å²) >= 11 is 4.75. The number of H-pyrrole nitrogens is 1. The Balaban J connectivity index is 3.06. The lowest BCUT2D eigenvalue weighted by Crippen LogP contribution is -2.24. The number of halogens is 3. The van der Waals surface area contributed by atoms with Crippen molar-refractivity contribution in [3.8, 4) is 11.1 Å².